The van der Waals surface area contributed by atoms with Crippen LogP contribution in [0.2, 0.25) is 0 Å². The molecule has 0 bridgehead atoms. The third-order valence-electron chi connectivity index (χ3n) is 6.92. The topological polar surface area (TPSA) is 363 Å². The average Bonchev–Trinajstić information content (AvgIpc) is 2.96. The highest BCUT2D eigenvalue weighted by Crippen LogP contribution is 2.37. The number of amides is 2. The summed E-state index contributed by atoms with van der Waals surface area (Å²) in [6.45, 7) is -4.74. The molecule has 0 unspecified atom stereocenters. The van der Waals surface area contributed by atoms with E-state index in [2.05, 4.69) is 0 Å². The highest BCUT2D eigenvalue weighted by Gasteiger charge is 2.59. The number of hydrogen-bond acceptors (Lipinski definition) is 17. The molecule has 2 aliphatic heterocycles. The largest absolute Gasteiger partial charge is 0.477 e. The fourth-order valence-corrected chi connectivity index (χ4v) is 4.72. The maximum Gasteiger partial charge on any atom is 0.364 e. The molecular formula is C22H36N2O19. The Morgan fingerprint density at radius 2 is 1.26 bits per heavy atom. The molecule has 2 rings (SSSR count). The molecule has 2 heterocycles. The summed E-state index contributed by atoms with van der Waals surface area (Å²) in [6.07, 6.45) is -19.4. The maximum absolute atomic E-state index is 12.4. The van der Waals surface area contributed by atoms with Crippen LogP contribution in [0.25, 0.3) is 0 Å². The zero-order valence-electron chi connectivity index (χ0n) is 22.2. The zero-order chi connectivity index (χ0) is 32.9. The molecule has 248 valence electrons. The van der Waals surface area contributed by atoms with E-state index in [4.69, 9.17) is 24.4 Å². The summed E-state index contributed by atoms with van der Waals surface area (Å²) in [5.41, 5.74) is 0. The summed E-state index contributed by atoms with van der Waals surface area (Å²) in [4.78, 5) is 47.7. The Morgan fingerprint density at radius 3 is 1.67 bits per heavy atom. The van der Waals surface area contributed by atoms with Crippen molar-refractivity contribution in [1.82, 2.24) is 10.6 Å². The molecule has 0 aromatic carbocycles. The molecule has 0 aliphatic carbocycles. The molecule has 2 fully saturated rings. The lowest BCUT2D eigenvalue weighted by Gasteiger charge is -2.49. The molecule has 14 N–H and O–H groups in total. The van der Waals surface area contributed by atoms with Crippen LogP contribution in [0.5, 0.6) is 0 Å². The van der Waals surface area contributed by atoms with Crippen LogP contribution in [-0.2, 0) is 33.4 Å². The number of rotatable bonds is 14. The Hall–Kier alpha value is -2.64. The first-order valence-electron chi connectivity index (χ1n) is 12.7. The first-order valence-corrected chi connectivity index (χ1v) is 12.7. The zero-order valence-corrected chi connectivity index (χ0v) is 22.2. The molecule has 21 nitrogen and oxygen atoms in total. The van der Waals surface area contributed by atoms with Crippen molar-refractivity contribution in [3.63, 3.8) is 0 Å². The lowest BCUT2D eigenvalue weighted by atomic mass is 9.87. The minimum absolute atomic E-state index is 1.06. The normalized spacial score (nSPS) is 35.7. The van der Waals surface area contributed by atoms with Gasteiger partial charge < -0.3 is 86.1 Å². The second kappa shape index (κ2) is 14.9. The Morgan fingerprint density at radius 1 is 0.767 bits per heavy atom. The van der Waals surface area contributed by atoms with Crippen LogP contribution in [0.3, 0.4) is 0 Å². The highest BCUT2D eigenvalue weighted by molar-refractivity contribution is 5.79. The van der Waals surface area contributed by atoms with E-state index in [-0.39, 0.29) is 0 Å². The molecule has 43 heavy (non-hydrogen) atoms. The Bertz CT molecular complexity index is 1000. The third kappa shape index (κ3) is 8.10. The molecule has 0 aromatic heterocycles. The Labute approximate surface area is 241 Å². The molecule has 0 radical (unpaired) electrons. The second-order valence-electron chi connectivity index (χ2n) is 9.93. The van der Waals surface area contributed by atoms with Crippen molar-refractivity contribution in [2.24, 2.45) is 0 Å². The standard InChI is InChI=1S/C22H36N2O19/c25-3-9(31)15(34)17-14(24-12(33)6-28)8(30)2-22(43-17,20(38)39)41-10(4-26)16(35)18-13(23-11(32)5-27)7(29)1-21(40,42-18)19(36)37/h7-10,13-18,25-31,34-35,40H,1-6H2,(H,23,32)(H,24,33)(H,36,37)(H,38,39)/t7-,8-,9+,10+,13+,14+,15+,16+,17+,18+,21+,22+/m0/s1. The number of carbonyl (C=O) groups is 4. The fraction of sp³-hybridized carbons (Fsp3) is 0.818. The van der Waals surface area contributed by atoms with E-state index in [9.17, 15) is 70.2 Å². The molecular weight excluding hydrogens is 596 g/mol. The van der Waals surface area contributed by atoms with Crippen LogP contribution < -0.4 is 10.6 Å². The van der Waals surface area contributed by atoms with Crippen molar-refractivity contribution >= 4 is 23.8 Å². The number of aliphatic carboxylic acids is 2. The quantitative estimate of drug-likeness (QED) is 0.0844. The van der Waals surface area contributed by atoms with Crippen molar-refractivity contribution in [1.29, 1.82) is 0 Å². The fourth-order valence-electron chi connectivity index (χ4n) is 4.72. The molecule has 0 aromatic rings. The van der Waals surface area contributed by atoms with Crippen LogP contribution in [0.15, 0.2) is 0 Å². The van der Waals surface area contributed by atoms with Gasteiger partial charge in [-0.2, -0.15) is 0 Å². The molecule has 21 heteroatoms. The second-order valence-corrected chi connectivity index (χ2v) is 9.93. The van der Waals surface area contributed by atoms with Gasteiger partial charge in [0.15, 0.2) is 0 Å². The molecule has 2 aliphatic rings. The van der Waals surface area contributed by atoms with Gasteiger partial charge in [0.25, 0.3) is 11.6 Å². The average molecular weight is 633 g/mol. The predicted octanol–water partition coefficient (Wildman–Crippen LogP) is -8.75. The molecule has 2 saturated heterocycles. The van der Waals surface area contributed by atoms with Crippen LogP contribution in [0.1, 0.15) is 12.8 Å². The summed E-state index contributed by atoms with van der Waals surface area (Å²) in [7, 11) is 0. The van der Waals surface area contributed by atoms with Gasteiger partial charge in [0.05, 0.1) is 37.5 Å². The van der Waals surface area contributed by atoms with E-state index in [1.165, 1.54) is 0 Å². The van der Waals surface area contributed by atoms with Gasteiger partial charge in [-0.25, -0.2) is 9.59 Å². The number of aliphatic hydroxyl groups is 10. The van der Waals surface area contributed by atoms with Gasteiger partial charge in [0, 0.05) is 12.8 Å². The monoisotopic (exact) mass is 632 g/mol. The molecule has 0 saturated carbocycles. The van der Waals surface area contributed by atoms with Crippen molar-refractivity contribution in [2.45, 2.75) is 85.3 Å². The van der Waals surface area contributed by atoms with Gasteiger partial charge in [-0.05, 0) is 0 Å². The van der Waals surface area contributed by atoms with Crippen LogP contribution in [0.4, 0.5) is 0 Å². The van der Waals surface area contributed by atoms with Crippen molar-refractivity contribution in [2.75, 3.05) is 26.4 Å². The van der Waals surface area contributed by atoms with E-state index in [0.717, 1.165) is 0 Å². The van der Waals surface area contributed by atoms with Gasteiger partial charge in [-0.15, -0.1) is 0 Å². The molecule has 0 spiro atoms. The van der Waals surface area contributed by atoms with E-state index < -0.39 is 136 Å². The highest BCUT2D eigenvalue weighted by atomic mass is 16.7. The third-order valence-corrected chi connectivity index (χ3v) is 6.92. The van der Waals surface area contributed by atoms with Gasteiger partial charge in [-0.1, -0.05) is 0 Å². The van der Waals surface area contributed by atoms with Crippen molar-refractivity contribution in [3.8, 4) is 0 Å². The summed E-state index contributed by atoms with van der Waals surface area (Å²) in [5.74, 6) is -12.7. The van der Waals surface area contributed by atoms with E-state index in [0.29, 0.717) is 0 Å². The number of aliphatic hydroxyl groups excluding tert-OH is 9. The molecule has 12 atom stereocenters. The SMILES string of the molecule is O=C(CO)N[C@H]1[C@H]([C@H](O)[C@H](O)CO)O[C@@](O[C@H](CO)[C@@H](O)[C@@H]2O[C@@](O)(C(=O)O)C[C@H](O)[C@H]2NC(=O)CO)(C(=O)O)C[C@@H]1O. The van der Waals surface area contributed by atoms with E-state index >= 15 is 0 Å². The lowest BCUT2D eigenvalue weighted by molar-refractivity contribution is -0.342. The number of carboxylic acid groups (broad SMARTS) is 2. The van der Waals surface area contributed by atoms with E-state index in [1.54, 1.807) is 0 Å². The summed E-state index contributed by atoms with van der Waals surface area (Å²) < 4.78 is 15.7. The van der Waals surface area contributed by atoms with Crippen LogP contribution in [-0.4, -0.2) is 184 Å². The first kappa shape index (κ1) is 36.6. The first-order chi connectivity index (χ1) is 20.0. The van der Waals surface area contributed by atoms with Crippen LogP contribution in [0, 0.1) is 0 Å². The minimum Gasteiger partial charge on any atom is -0.477 e. The number of carboxylic acids is 2. The minimum atomic E-state index is -3.18. The number of carbonyl (C=O) groups excluding carboxylic acids is 2. The number of hydrogen-bond donors (Lipinski definition) is 14. The smallest absolute Gasteiger partial charge is 0.364 e. The summed E-state index contributed by atoms with van der Waals surface area (Å²) in [6, 6.07) is -3.53. The molecule has 2 amide bonds. The Kier molecular flexibility index (Phi) is 12.7. The summed E-state index contributed by atoms with van der Waals surface area (Å²) >= 11 is 0. The van der Waals surface area contributed by atoms with Gasteiger partial charge >= 0.3 is 11.9 Å². The van der Waals surface area contributed by atoms with Crippen molar-refractivity contribution in [3.05, 3.63) is 0 Å². The van der Waals surface area contributed by atoms with Gasteiger partial charge in [0.2, 0.25) is 11.8 Å². The number of nitrogens with one attached hydrogen (secondary N) is 2. The van der Waals surface area contributed by atoms with Gasteiger partial charge in [0.1, 0.15) is 49.8 Å². The summed E-state index contributed by atoms with van der Waals surface area (Å²) in [5, 5.41) is 124. The number of ether oxygens (including phenoxy) is 3. The predicted molar refractivity (Wildman–Crippen MR) is 129 cm³/mol. The van der Waals surface area contributed by atoms with Crippen LogP contribution >= 0.6 is 0 Å². The lowest BCUT2D eigenvalue weighted by Crippen LogP contribution is -2.70. The van der Waals surface area contributed by atoms with Gasteiger partial charge in [-0.3, -0.25) is 9.59 Å². The Balaban J connectivity index is 2.51. The maximum atomic E-state index is 12.4. The van der Waals surface area contributed by atoms with E-state index in [1.807, 2.05) is 10.6 Å². The van der Waals surface area contributed by atoms with Crippen molar-refractivity contribution < 1.29 is 94.7 Å².